The summed E-state index contributed by atoms with van der Waals surface area (Å²) >= 11 is 0. The zero-order chi connectivity index (χ0) is 22.9. The van der Waals surface area contributed by atoms with Crippen LogP contribution in [0.4, 0.5) is 4.79 Å². The Kier molecular flexibility index (Phi) is 6.19. The molecule has 0 spiro atoms. The van der Waals surface area contributed by atoms with Crippen LogP contribution in [0.1, 0.15) is 55.0 Å². The second-order valence-electron chi connectivity index (χ2n) is 9.64. The number of nitrogens with zero attached hydrogens (tertiary/aromatic N) is 2. The van der Waals surface area contributed by atoms with Crippen molar-refractivity contribution in [2.45, 2.75) is 50.7 Å². The minimum absolute atomic E-state index is 0.0459. The van der Waals surface area contributed by atoms with Crippen LogP contribution in [0.25, 0.3) is 0 Å². The van der Waals surface area contributed by atoms with Gasteiger partial charge in [0.2, 0.25) is 0 Å². The van der Waals surface area contributed by atoms with E-state index < -0.39 is 0 Å². The maximum Gasteiger partial charge on any atom is 0.318 e. The fraction of sp³-hybridized carbons (Fsp3) is 0.519. The standard InChI is InChI=1S/C27H35N3O3/c1-18(20-10-11-25(32-2)26(15-20)33-3)28-27(31)30-13-6-8-21-17-29-14-12-19-7-4-5-9-22(19)24(29)16-23(21)30/h4-5,7,9-11,15,18,21,23-24H,6,8,12-14,16-17H2,1-3H3,(H,28,31)/t18-,21-,23+,24-/m1/s1. The van der Waals surface area contributed by atoms with E-state index in [1.807, 2.05) is 25.1 Å². The van der Waals surface area contributed by atoms with E-state index in [2.05, 4.69) is 39.4 Å². The third-order valence-electron chi connectivity index (χ3n) is 7.88. The summed E-state index contributed by atoms with van der Waals surface area (Å²) in [5.74, 6) is 1.93. The lowest BCUT2D eigenvalue weighted by Gasteiger charge is -2.52. The van der Waals surface area contributed by atoms with Gasteiger partial charge in [-0.3, -0.25) is 4.90 Å². The smallest absolute Gasteiger partial charge is 0.318 e. The molecule has 0 aliphatic carbocycles. The number of piperidine rings is 2. The molecular weight excluding hydrogens is 414 g/mol. The number of methoxy groups -OCH3 is 2. The number of rotatable bonds is 4. The average molecular weight is 450 g/mol. The first-order valence-corrected chi connectivity index (χ1v) is 12.2. The first kappa shape index (κ1) is 22.1. The van der Waals surface area contributed by atoms with Crippen LogP contribution in [0.3, 0.4) is 0 Å². The Labute approximate surface area is 196 Å². The van der Waals surface area contributed by atoms with Crippen molar-refractivity contribution in [2.24, 2.45) is 5.92 Å². The maximum atomic E-state index is 13.5. The van der Waals surface area contributed by atoms with Crippen molar-refractivity contribution in [2.75, 3.05) is 33.9 Å². The number of ether oxygens (including phenoxy) is 2. The molecule has 3 aliphatic rings. The lowest BCUT2D eigenvalue weighted by Crippen LogP contribution is -2.59. The summed E-state index contributed by atoms with van der Waals surface area (Å²) in [5.41, 5.74) is 3.95. The summed E-state index contributed by atoms with van der Waals surface area (Å²) in [6.45, 7) is 5.09. The molecule has 0 saturated carbocycles. The second-order valence-corrected chi connectivity index (χ2v) is 9.64. The van der Waals surface area contributed by atoms with Crippen molar-refractivity contribution in [3.63, 3.8) is 0 Å². The SMILES string of the molecule is COc1ccc([C@@H](C)NC(=O)N2CCC[C@@H]3CN4CCc5ccccc5[C@H]4C[C@@H]32)cc1OC. The van der Waals surface area contributed by atoms with Crippen molar-refractivity contribution < 1.29 is 14.3 Å². The van der Waals surface area contributed by atoms with Gasteiger partial charge in [0, 0.05) is 31.7 Å². The van der Waals surface area contributed by atoms with Gasteiger partial charge in [-0.1, -0.05) is 30.3 Å². The number of likely N-dealkylation sites (tertiary alicyclic amines) is 1. The van der Waals surface area contributed by atoms with Crippen LogP contribution < -0.4 is 14.8 Å². The van der Waals surface area contributed by atoms with E-state index >= 15 is 0 Å². The summed E-state index contributed by atoms with van der Waals surface area (Å²) in [6.07, 6.45) is 4.45. The number of amides is 2. The zero-order valence-corrected chi connectivity index (χ0v) is 19.9. The van der Waals surface area contributed by atoms with E-state index in [1.165, 1.54) is 17.5 Å². The molecule has 1 N–H and O–H groups in total. The number of nitrogens with one attached hydrogen (secondary N) is 1. The summed E-state index contributed by atoms with van der Waals surface area (Å²) in [6, 6.07) is 15.3. The molecule has 2 saturated heterocycles. The van der Waals surface area contributed by atoms with Crippen LogP contribution >= 0.6 is 0 Å². The number of urea groups is 1. The van der Waals surface area contributed by atoms with Gasteiger partial charge in [0.05, 0.1) is 20.3 Å². The third kappa shape index (κ3) is 4.17. The van der Waals surface area contributed by atoms with Gasteiger partial charge in [-0.2, -0.15) is 0 Å². The predicted molar refractivity (Wildman–Crippen MR) is 129 cm³/mol. The Morgan fingerprint density at radius 1 is 1.09 bits per heavy atom. The molecule has 2 fully saturated rings. The first-order chi connectivity index (χ1) is 16.1. The topological polar surface area (TPSA) is 54.0 Å². The Morgan fingerprint density at radius 3 is 2.73 bits per heavy atom. The molecule has 6 heteroatoms. The van der Waals surface area contributed by atoms with Gasteiger partial charge in [0.1, 0.15) is 0 Å². The Morgan fingerprint density at radius 2 is 1.91 bits per heavy atom. The van der Waals surface area contributed by atoms with E-state index in [1.54, 1.807) is 14.2 Å². The van der Waals surface area contributed by atoms with Gasteiger partial charge in [0.25, 0.3) is 0 Å². The number of carbonyl (C=O) groups is 1. The largest absolute Gasteiger partial charge is 0.493 e. The first-order valence-electron chi connectivity index (χ1n) is 12.2. The predicted octanol–water partition coefficient (Wildman–Crippen LogP) is 4.56. The van der Waals surface area contributed by atoms with Crippen LogP contribution in [0.5, 0.6) is 11.5 Å². The van der Waals surface area contributed by atoms with Gasteiger partial charge >= 0.3 is 6.03 Å². The van der Waals surface area contributed by atoms with E-state index in [9.17, 15) is 4.79 Å². The molecule has 0 bridgehead atoms. The molecule has 33 heavy (non-hydrogen) atoms. The summed E-state index contributed by atoms with van der Waals surface area (Å²) in [4.78, 5) is 18.3. The Bertz CT molecular complexity index is 1010. The van der Waals surface area contributed by atoms with Crippen LogP contribution in [-0.4, -0.2) is 55.7 Å². The molecule has 5 rings (SSSR count). The van der Waals surface area contributed by atoms with Crippen LogP contribution in [0.2, 0.25) is 0 Å². The fourth-order valence-electron chi connectivity index (χ4n) is 6.12. The third-order valence-corrected chi connectivity index (χ3v) is 7.88. The molecule has 4 atom stereocenters. The van der Waals surface area contributed by atoms with Crippen LogP contribution in [0, 0.1) is 5.92 Å². The highest BCUT2D eigenvalue weighted by Gasteiger charge is 2.44. The van der Waals surface area contributed by atoms with Crippen LogP contribution in [0.15, 0.2) is 42.5 Å². The van der Waals surface area contributed by atoms with Gasteiger partial charge in [-0.05, 0) is 67.3 Å². The molecule has 176 valence electrons. The van der Waals surface area contributed by atoms with E-state index in [0.29, 0.717) is 29.5 Å². The highest BCUT2D eigenvalue weighted by molar-refractivity contribution is 5.75. The molecular formula is C27H35N3O3. The highest BCUT2D eigenvalue weighted by Crippen LogP contribution is 2.43. The van der Waals surface area contributed by atoms with Gasteiger partial charge in [0.15, 0.2) is 11.5 Å². The van der Waals surface area contributed by atoms with Gasteiger partial charge < -0.3 is 19.7 Å². The molecule has 2 aromatic rings. The molecule has 6 nitrogen and oxygen atoms in total. The van der Waals surface area contributed by atoms with Crippen molar-refractivity contribution in [3.05, 3.63) is 59.2 Å². The van der Waals surface area contributed by atoms with E-state index in [0.717, 1.165) is 44.5 Å². The van der Waals surface area contributed by atoms with Crippen molar-refractivity contribution >= 4 is 6.03 Å². The zero-order valence-electron chi connectivity index (χ0n) is 19.9. The minimum Gasteiger partial charge on any atom is -0.493 e. The molecule has 2 aromatic carbocycles. The Balaban J connectivity index is 1.32. The normalized spacial score (nSPS) is 25.3. The number of hydrogen-bond acceptors (Lipinski definition) is 4. The van der Waals surface area contributed by atoms with Crippen molar-refractivity contribution in [3.8, 4) is 11.5 Å². The summed E-state index contributed by atoms with van der Waals surface area (Å²) < 4.78 is 10.8. The van der Waals surface area contributed by atoms with E-state index in [4.69, 9.17) is 9.47 Å². The lowest BCUT2D eigenvalue weighted by molar-refractivity contribution is 0.00533. The molecule has 0 unspecified atom stereocenters. The fourth-order valence-corrected chi connectivity index (χ4v) is 6.12. The molecule has 3 aliphatic heterocycles. The quantitative estimate of drug-likeness (QED) is 0.744. The van der Waals surface area contributed by atoms with Crippen molar-refractivity contribution in [1.82, 2.24) is 15.1 Å². The number of carbonyl (C=O) groups excluding carboxylic acids is 1. The molecule has 2 amide bonds. The molecule has 0 aromatic heterocycles. The van der Waals surface area contributed by atoms with Crippen molar-refractivity contribution in [1.29, 1.82) is 0 Å². The Hall–Kier alpha value is -2.73. The number of hydrogen-bond donors (Lipinski definition) is 1. The molecule has 0 radical (unpaired) electrons. The van der Waals surface area contributed by atoms with Gasteiger partial charge in [-0.25, -0.2) is 4.79 Å². The monoisotopic (exact) mass is 449 g/mol. The molecule has 3 heterocycles. The van der Waals surface area contributed by atoms with Crippen LogP contribution in [-0.2, 0) is 6.42 Å². The lowest BCUT2D eigenvalue weighted by atomic mass is 9.77. The maximum absolute atomic E-state index is 13.5. The minimum atomic E-state index is -0.117. The number of fused-ring (bicyclic) bond motifs is 4. The summed E-state index contributed by atoms with van der Waals surface area (Å²) in [5, 5.41) is 3.26. The second kappa shape index (κ2) is 9.26. The highest BCUT2D eigenvalue weighted by atomic mass is 16.5. The van der Waals surface area contributed by atoms with E-state index in [-0.39, 0.29) is 12.1 Å². The number of benzene rings is 2. The van der Waals surface area contributed by atoms with Gasteiger partial charge in [-0.15, -0.1) is 0 Å². The average Bonchev–Trinajstić information content (AvgIpc) is 2.86. The summed E-state index contributed by atoms with van der Waals surface area (Å²) in [7, 11) is 3.26.